The van der Waals surface area contributed by atoms with E-state index in [0.29, 0.717) is 18.2 Å². The summed E-state index contributed by atoms with van der Waals surface area (Å²) in [5, 5.41) is 10.3. The van der Waals surface area contributed by atoms with Gasteiger partial charge in [0, 0.05) is 11.6 Å². The van der Waals surface area contributed by atoms with Gasteiger partial charge in [0.1, 0.15) is 5.82 Å². The van der Waals surface area contributed by atoms with Crippen LogP contribution in [0.3, 0.4) is 0 Å². The molecule has 0 bridgehead atoms. The third-order valence-corrected chi connectivity index (χ3v) is 6.30. The lowest BCUT2D eigenvalue weighted by atomic mass is 9.84. The maximum absolute atomic E-state index is 14.0. The maximum atomic E-state index is 14.0. The van der Waals surface area contributed by atoms with Gasteiger partial charge in [0.25, 0.3) is 0 Å². The molecule has 4 heterocycles. The van der Waals surface area contributed by atoms with Crippen molar-refractivity contribution in [2.75, 3.05) is 0 Å². The molecule has 2 unspecified atom stereocenters. The summed E-state index contributed by atoms with van der Waals surface area (Å²) in [5.41, 5.74) is 6.71. The van der Waals surface area contributed by atoms with Crippen molar-refractivity contribution in [2.24, 2.45) is 0 Å². The zero-order chi connectivity index (χ0) is 21.7. The highest BCUT2D eigenvalue weighted by atomic mass is 19.1. The number of aromatic nitrogens is 5. The summed E-state index contributed by atoms with van der Waals surface area (Å²) in [6, 6.07) is 11.8. The van der Waals surface area contributed by atoms with Crippen LogP contribution in [0.5, 0.6) is 0 Å². The SMILES string of the molecule is O=C(c1cc(F)ccc1-n1nccn1)C1CC[C@H]2CC(c3cnc4ccccc4n3)N2N1. The molecule has 4 aromatic rings. The molecule has 2 aliphatic rings. The Labute approximate surface area is 183 Å². The summed E-state index contributed by atoms with van der Waals surface area (Å²) >= 11 is 0. The molecule has 2 aliphatic heterocycles. The first kappa shape index (κ1) is 19.1. The predicted octanol–water partition coefficient (Wildman–Crippen LogP) is 3.01. The Morgan fingerprint density at radius 1 is 1.06 bits per heavy atom. The van der Waals surface area contributed by atoms with Gasteiger partial charge in [0.2, 0.25) is 0 Å². The molecule has 3 atom stereocenters. The van der Waals surface area contributed by atoms with E-state index in [1.165, 1.54) is 35.4 Å². The largest absolute Gasteiger partial charge is 0.292 e. The number of nitrogens with one attached hydrogen (secondary N) is 1. The van der Waals surface area contributed by atoms with E-state index in [0.717, 1.165) is 29.6 Å². The average Bonchev–Trinajstić information content (AvgIpc) is 3.34. The van der Waals surface area contributed by atoms with Crippen LogP contribution < -0.4 is 5.43 Å². The average molecular weight is 429 g/mol. The maximum Gasteiger partial charge on any atom is 0.183 e. The molecule has 6 rings (SSSR count). The Hall–Kier alpha value is -3.56. The van der Waals surface area contributed by atoms with Crippen LogP contribution in [-0.2, 0) is 0 Å². The zero-order valence-corrected chi connectivity index (χ0v) is 17.1. The quantitative estimate of drug-likeness (QED) is 0.499. The first-order valence-electron chi connectivity index (χ1n) is 10.6. The number of carbonyl (C=O) groups is 1. The first-order valence-corrected chi connectivity index (χ1v) is 10.6. The molecule has 160 valence electrons. The second kappa shape index (κ2) is 7.54. The van der Waals surface area contributed by atoms with Gasteiger partial charge in [-0.1, -0.05) is 12.1 Å². The van der Waals surface area contributed by atoms with Crippen molar-refractivity contribution >= 4 is 16.8 Å². The predicted molar refractivity (Wildman–Crippen MR) is 114 cm³/mol. The zero-order valence-electron chi connectivity index (χ0n) is 17.1. The van der Waals surface area contributed by atoms with Crippen molar-refractivity contribution in [1.82, 2.24) is 35.4 Å². The van der Waals surface area contributed by atoms with Crippen molar-refractivity contribution in [3.8, 4) is 5.69 Å². The standard InChI is InChI=1S/C23H20FN7O/c24-14-5-8-21(31-26-9-10-27-31)16(11-14)23(32)19-7-6-15-12-22(30(15)29-19)20-13-25-17-3-1-2-4-18(17)28-20/h1-5,8-11,13,15,19,22,29H,6-7,12H2/t15-,19?,22?/m0/s1. The fraction of sp³-hybridized carbons (Fsp3) is 0.261. The summed E-state index contributed by atoms with van der Waals surface area (Å²) < 4.78 is 14.0. The van der Waals surface area contributed by atoms with Crippen LogP contribution >= 0.6 is 0 Å². The Balaban J connectivity index is 1.26. The van der Waals surface area contributed by atoms with E-state index in [4.69, 9.17) is 4.98 Å². The number of fused-ring (bicyclic) bond motifs is 2. The molecule has 0 saturated carbocycles. The van der Waals surface area contributed by atoms with E-state index in [1.807, 2.05) is 30.5 Å². The van der Waals surface area contributed by atoms with E-state index >= 15 is 0 Å². The highest BCUT2D eigenvalue weighted by Crippen LogP contribution is 2.41. The molecule has 32 heavy (non-hydrogen) atoms. The van der Waals surface area contributed by atoms with Crippen LogP contribution in [0.4, 0.5) is 4.39 Å². The molecule has 0 spiro atoms. The normalized spacial score (nSPS) is 23.0. The van der Waals surface area contributed by atoms with Crippen molar-refractivity contribution < 1.29 is 9.18 Å². The molecule has 2 fully saturated rings. The van der Waals surface area contributed by atoms with Crippen molar-refractivity contribution in [3.05, 3.63) is 78.1 Å². The number of Topliss-reactive ketones (excluding diaryl/α,β-unsaturated/α-hetero) is 1. The molecule has 0 aliphatic carbocycles. The minimum atomic E-state index is -0.466. The first-order chi connectivity index (χ1) is 15.7. The van der Waals surface area contributed by atoms with Gasteiger partial charge in [-0.05, 0) is 49.6 Å². The molecule has 0 amide bonds. The summed E-state index contributed by atoms with van der Waals surface area (Å²) in [4.78, 5) is 24.1. The van der Waals surface area contributed by atoms with Gasteiger partial charge in [-0.25, -0.2) is 19.8 Å². The fourth-order valence-corrected chi connectivity index (χ4v) is 4.65. The van der Waals surface area contributed by atoms with Crippen LogP contribution in [0.2, 0.25) is 0 Å². The number of hydrogen-bond acceptors (Lipinski definition) is 7. The van der Waals surface area contributed by atoms with Crippen molar-refractivity contribution in [2.45, 2.75) is 37.4 Å². The molecule has 9 heteroatoms. The van der Waals surface area contributed by atoms with Gasteiger partial charge in [-0.2, -0.15) is 15.0 Å². The summed E-state index contributed by atoms with van der Waals surface area (Å²) in [6.07, 6.45) is 7.38. The monoisotopic (exact) mass is 429 g/mol. The highest BCUT2D eigenvalue weighted by molar-refractivity contribution is 6.03. The van der Waals surface area contributed by atoms with Gasteiger partial charge < -0.3 is 0 Å². The molecule has 8 nitrogen and oxygen atoms in total. The number of halogens is 1. The van der Waals surface area contributed by atoms with E-state index in [-0.39, 0.29) is 17.4 Å². The number of ketones is 1. The van der Waals surface area contributed by atoms with Crippen LogP contribution in [0.15, 0.2) is 61.1 Å². The topological polar surface area (TPSA) is 88.8 Å². The third-order valence-electron chi connectivity index (χ3n) is 6.30. The minimum absolute atomic E-state index is 0.0486. The molecular weight excluding hydrogens is 409 g/mol. The van der Waals surface area contributed by atoms with Gasteiger partial charge in [0.05, 0.1) is 53.1 Å². The highest BCUT2D eigenvalue weighted by Gasteiger charge is 2.45. The summed E-state index contributed by atoms with van der Waals surface area (Å²) in [7, 11) is 0. The Morgan fingerprint density at radius 3 is 2.72 bits per heavy atom. The number of hydrazine groups is 1. The van der Waals surface area contributed by atoms with Gasteiger partial charge in [-0.3, -0.25) is 9.78 Å². The number of carbonyl (C=O) groups excluding carboxylic acids is 1. The summed E-state index contributed by atoms with van der Waals surface area (Å²) in [5.74, 6) is -0.642. The van der Waals surface area contributed by atoms with Crippen LogP contribution in [0, 0.1) is 5.82 Å². The molecule has 1 N–H and O–H groups in total. The number of nitrogens with zero attached hydrogens (tertiary/aromatic N) is 6. The number of para-hydroxylation sites is 2. The Kier molecular flexibility index (Phi) is 4.51. The Bertz CT molecular complexity index is 1310. The number of hydrogen-bond donors (Lipinski definition) is 1. The second-order valence-corrected chi connectivity index (χ2v) is 8.20. The molecule has 2 aromatic carbocycles. The molecule has 2 saturated heterocycles. The van der Waals surface area contributed by atoms with Gasteiger partial charge in [-0.15, -0.1) is 0 Å². The lowest BCUT2D eigenvalue weighted by molar-refractivity contribution is -0.0766. The van der Waals surface area contributed by atoms with E-state index in [9.17, 15) is 9.18 Å². The molecular formula is C23H20FN7O. The Morgan fingerprint density at radius 2 is 1.88 bits per heavy atom. The third kappa shape index (κ3) is 3.17. The summed E-state index contributed by atoms with van der Waals surface area (Å²) in [6.45, 7) is 0. The van der Waals surface area contributed by atoms with E-state index in [2.05, 4.69) is 25.6 Å². The number of benzene rings is 2. The minimum Gasteiger partial charge on any atom is -0.292 e. The van der Waals surface area contributed by atoms with Crippen molar-refractivity contribution in [3.63, 3.8) is 0 Å². The van der Waals surface area contributed by atoms with Gasteiger partial charge >= 0.3 is 0 Å². The van der Waals surface area contributed by atoms with Gasteiger partial charge in [0.15, 0.2) is 5.78 Å². The second-order valence-electron chi connectivity index (χ2n) is 8.20. The lowest BCUT2D eigenvalue weighted by Crippen LogP contribution is -2.64. The van der Waals surface area contributed by atoms with Crippen LogP contribution in [0.25, 0.3) is 16.7 Å². The number of rotatable bonds is 4. The molecule has 2 aromatic heterocycles. The fourth-order valence-electron chi connectivity index (χ4n) is 4.65. The van der Waals surface area contributed by atoms with Crippen LogP contribution in [-0.4, -0.2) is 47.8 Å². The van der Waals surface area contributed by atoms with Crippen molar-refractivity contribution in [1.29, 1.82) is 0 Å². The lowest BCUT2D eigenvalue weighted by Gasteiger charge is -2.52. The van der Waals surface area contributed by atoms with E-state index in [1.54, 1.807) is 0 Å². The van der Waals surface area contributed by atoms with Crippen LogP contribution in [0.1, 0.15) is 41.4 Å². The smallest absolute Gasteiger partial charge is 0.183 e. The molecule has 0 radical (unpaired) electrons. The van der Waals surface area contributed by atoms with E-state index < -0.39 is 11.9 Å².